The van der Waals surface area contributed by atoms with Crippen molar-refractivity contribution in [2.75, 3.05) is 13.1 Å². The fourth-order valence-electron chi connectivity index (χ4n) is 4.97. The highest BCUT2D eigenvalue weighted by molar-refractivity contribution is 6.42. The van der Waals surface area contributed by atoms with Gasteiger partial charge in [-0.3, -0.25) is 14.3 Å². The molecule has 0 radical (unpaired) electrons. The van der Waals surface area contributed by atoms with Gasteiger partial charge in [0.15, 0.2) is 5.65 Å². The number of amides is 2. The van der Waals surface area contributed by atoms with Gasteiger partial charge in [-0.1, -0.05) is 23.2 Å². The van der Waals surface area contributed by atoms with Crippen LogP contribution in [0.1, 0.15) is 36.0 Å². The van der Waals surface area contributed by atoms with Crippen LogP contribution in [0.25, 0.3) is 33.5 Å². The smallest absolute Gasteiger partial charge is 0.255 e. The SMILES string of the molecule is Cn1nc(-c2cnc3[nH]cc(C(=O)N[C@@H](C(=O)N4CCC(N)CC4)C4CC4)c3n2)c2cc(Cl)c(Cl)cc21. The predicted molar refractivity (Wildman–Crippen MR) is 141 cm³/mol. The molecule has 2 fully saturated rings. The van der Waals surface area contributed by atoms with Crippen LogP contribution in [0, 0.1) is 5.92 Å². The first-order chi connectivity index (χ1) is 17.8. The van der Waals surface area contributed by atoms with Crippen LogP contribution in [0.3, 0.4) is 0 Å². The lowest BCUT2D eigenvalue weighted by Gasteiger charge is -2.33. The minimum absolute atomic E-state index is 0.0372. The summed E-state index contributed by atoms with van der Waals surface area (Å²) in [6, 6.07) is 3.06. The van der Waals surface area contributed by atoms with Gasteiger partial charge in [0.05, 0.1) is 27.3 Å². The molecule has 0 spiro atoms. The highest BCUT2D eigenvalue weighted by atomic mass is 35.5. The van der Waals surface area contributed by atoms with Gasteiger partial charge in [0.25, 0.3) is 5.91 Å². The van der Waals surface area contributed by atoms with Gasteiger partial charge in [0.2, 0.25) is 5.91 Å². The van der Waals surface area contributed by atoms with Crippen molar-refractivity contribution in [3.05, 3.63) is 40.1 Å². The molecule has 37 heavy (non-hydrogen) atoms. The van der Waals surface area contributed by atoms with E-state index in [0.29, 0.717) is 51.2 Å². The van der Waals surface area contributed by atoms with E-state index in [1.807, 2.05) is 11.9 Å². The number of aromatic amines is 1. The van der Waals surface area contributed by atoms with Gasteiger partial charge < -0.3 is 20.9 Å². The molecule has 192 valence electrons. The number of fused-ring (bicyclic) bond motifs is 2. The van der Waals surface area contributed by atoms with Crippen LogP contribution in [0.4, 0.5) is 0 Å². The van der Waals surface area contributed by atoms with Crippen LogP contribution in [-0.2, 0) is 11.8 Å². The monoisotopic (exact) mass is 540 g/mol. The van der Waals surface area contributed by atoms with Crippen molar-refractivity contribution in [2.24, 2.45) is 18.7 Å². The van der Waals surface area contributed by atoms with Crippen molar-refractivity contribution < 1.29 is 9.59 Å². The fraction of sp³-hybridized carbons (Fsp3) is 0.400. The number of piperidine rings is 1. The van der Waals surface area contributed by atoms with Gasteiger partial charge in [-0.15, -0.1) is 0 Å². The summed E-state index contributed by atoms with van der Waals surface area (Å²) in [6.07, 6.45) is 6.56. The average molecular weight is 541 g/mol. The average Bonchev–Trinajstić information content (AvgIpc) is 3.57. The second-order valence-electron chi connectivity index (χ2n) is 9.86. The molecule has 1 atom stereocenters. The van der Waals surface area contributed by atoms with Crippen LogP contribution in [-0.4, -0.2) is 66.6 Å². The molecule has 1 saturated heterocycles. The van der Waals surface area contributed by atoms with E-state index in [9.17, 15) is 9.59 Å². The molecule has 12 heteroatoms. The van der Waals surface area contributed by atoms with Gasteiger partial charge in [-0.05, 0) is 43.7 Å². The Morgan fingerprint density at radius 2 is 1.89 bits per heavy atom. The highest BCUT2D eigenvalue weighted by Crippen LogP contribution is 2.35. The normalized spacial score (nSPS) is 17.5. The van der Waals surface area contributed by atoms with E-state index in [1.165, 1.54) is 0 Å². The van der Waals surface area contributed by atoms with Crippen LogP contribution < -0.4 is 11.1 Å². The zero-order chi connectivity index (χ0) is 25.8. The zero-order valence-corrected chi connectivity index (χ0v) is 21.7. The number of aromatic nitrogens is 5. The van der Waals surface area contributed by atoms with Crippen LogP contribution in [0.2, 0.25) is 10.0 Å². The number of hydrogen-bond donors (Lipinski definition) is 3. The summed E-state index contributed by atoms with van der Waals surface area (Å²) in [6.45, 7) is 1.24. The van der Waals surface area contributed by atoms with Gasteiger partial charge in [0.1, 0.15) is 22.9 Å². The first-order valence-electron chi connectivity index (χ1n) is 12.3. The number of hydrogen-bond acceptors (Lipinski definition) is 6. The number of aryl methyl sites for hydroxylation is 1. The Morgan fingerprint density at radius 3 is 2.62 bits per heavy atom. The molecule has 0 unspecified atom stereocenters. The third-order valence-electron chi connectivity index (χ3n) is 7.26. The van der Waals surface area contributed by atoms with Crippen molar-refractivity contribution in [2.45, 2.75) is 37.8 Å². The Balaban J connectivity index is 1.31. The third-order valence-corrected chi connectivity index (χ3v) is 7.98. The molecular formula is C25H26Cl2N8O2. The zero-order valence-electron chi connectivity index (χ0n) is 20.2. The Hall–Kier alpha value is -3.21. The van der Waals surface area contributed by atoms with Crippen LogP contribution in [0.15, 0.2) is 24.5 Å². The molecule has 2 aliphatic rings. The summed E-state index contributed by atoms with van der Waals surface area (Å²) in [5.41, 5.74) is 9.06. The van der Waals surface area contributed by atoms with E-state index in [1.54, 1.807) is 29.2 Å². The van der Waals surface area contributed by atoms with Crippen molar-refractivity contribution in [1.29, 1.82) is 0 Å². The van der Waals surface area contributed by atoms with E-state index in [-0.39, 0.29) is 23.8 Å². The maximum Gasteiger partial charge on any atom is 0.255 e. The second-order valence-corrected chi connectivity index (χ2v) is 10.7. The molecule has 4 heterocycles. The number of H-pyrrole nitrogens is 1. The standard InChI is InChI=1S/C25H26Cl2N8O2/c1-34-19-9-17(27)16(26)8-14(19)21(33-34)18-11-30-23-22(31-18)15(10-29-23)24(36)32-20(12-2-3-12)25(37)35-6-4-13(28)5-7-35/h8-13,20H,2-7,28H2,1H3,(H,29,30)(H,32,36)/t20-/m1/s1. The Labute approximate surface area is 222 Å². The number of benzene rings is 1. The molecule has 1 aromatic carbocycles. The summed E-state index contributed by atoms with van der Waals surface area (Å²) < 4.78 is 1.70. The van der Waals surface area contributed by atoms with E-state index in [0.717, 1.165) is 36.6 Å². The molecule has 0 bridgehead atoms. The highest BCUT2D eigenvalue weighted by Gasteiger charge is 2.40. The molecular weight excluding hydrogens is 515 g/mol. The number of carbonyl (C=O) groups is 2. The number of nitrogens with one attached hydrogen (secondary N) is 2. The number of halogens is 2. The second kappa shape index (κ2) is 9.27. The third kappa shape index (κ3) is 4.43. The lowest BCUT2D eigenvalue weighted by Crippen LogP contribution is -2.53. The van der Waals surface area contributed by atoms with Crippen molar-refractivity contribution in [1.82, 2.24) is 34.9 Å². The first kappa shape index (κ1) is 24.1. The fourth-order valence-corrected chi connectivity index (χ4v) is 5.29. The summed E-state index contributed by atoms with van der Waals surface area (Å²) in [4.78, 5) is 40.7. The molecule has 3 aromatic heterocycles. The minimum atomic E-state index is -0.561. The summed E-state index contributed by atoms with van der Waals surface area (Å²) in [5, 5.41) is 9.19. The summed E-state index contributed by atoms with van der Waals surface area (Å²) in [7, 11) is 1.81. The summed E-state index contributed by atoms with van der Waals surface area (Å²) in [5.74, 6) is -0.252. The van der Waals surface area contributed by atoms with Crippen molar-refractivity contribution in [3.63, 3.8) is 0 Å². The maximum atomic E-state index is 13.4. The van der Waals surface area contributed by atoms with Crippen LogP contribution >= 0.6 is 23.2 Å². The van der Waals surface area contributed by atoms with E-state index in [2.05, 4.69) is 20.4 Å². The first-order valence-corrected chi connectivity index (χ1v) is 13.1. The van der Waals surface area contributed by atoms with E-state index < -0.39 is 6.04 Å². The van der Waals surface area contributed by atoms with Gasteiger partial charge >= 0.3 is 0 Å². The van der Waals surface area contributed by atoms with Gasteiger partial charge in [0, 0.05) is 37.8 Å². The largest absolute Gasteiger partial charge is 0.344 e. The molecule has 2 amide bonds. The van der Waals surface area contributed by atoms with Crippen LogP contribution in [0.5, 0.6) is 0 Å². The molecule has 6 rings (SSSR count). The van der Waals surface area contributed by atoms with Gasteiger partial charge in [-0.2, -0.15) is 5.10 Å². The Bertz CT molecular complexity index is 1530. The lowest BCUT2D eigenvalue weighted by atomic mass is 10.0. The number of rotatable bonds is 5. The molecule has 1 aliphatic heterocycles. The predicted octanol–water partition coefficient (Wildman–Crippen LogP) is 3.28. The number of nitrogens with zero attached hydrogens (tertiary/aromatic N) is 5. The number of nitrogens with two attached hydrogens (primary N) is 1. The topological polar surface area (TPSA) is 135 Å². The van der Waals surface area contributed by atoms with Crippen molar-refractivity contribution >= 4 is 57.1 Å². The lowest BCUT2D eigenvalue weighted by molar-refractivity contribution is -0.134. The quantitative estimate of drug-likeness (QED) is 0.355. The minimum Gasteiger partial charge on any atom is -0.344 e. The number of carbonyl (C=O) groups excluding carboxylic acids is 2. The van der Waals surface area contributed by atoms with Crippen molar-refractivity contribution in [3.8, 4) is 11.4 Å². The molecule has 4 aromatic rings. The number of likely N-dealkylation sites (tertiary alicyclic amines) is 1. The Kier molecular flexibility index (Phi) is 6.05. The molecule has 1 aliphatic carbocycles. The summed E-state index contributed by atoms with van der Waals surface area (Å²) >= 11 is 12.5. The van der Waals surface area contributed by atoms with E-state index >= 15 is 0 Å². The molecule has 4 N–H and O–H groups in total. The molecule has 10 nitrogen and oxygen atoms in total. The van der Waals surface area contributed by atoms with Gasteiger partial charge in [-0.25, -0.2) is 9.97 Å². The van der Waals surface area contributed by atoms with E-state index in [4.69, 9.17) is 33.9 Å². The molecule has 1 saturated carbocycles. The maximum absolute atomic E-state index is 13.4. The Morgan fingerprint density at radius 1 is 1.16 bits per heavy atom.